The first kappa shape index (κ1) is 21.7. The molecule has 0 aliphatic carbocycles. The zero-order valence-corrected chi connectivity index (χ0v) is 17.2. The summed E-state index contributed by atoms with van der Waals surface area (Å²) in [7, 11) is -4.34. The number of piperazine rings is 1. The molecule has 2 fully saturated rings. The van der Waals surface area contributed by atoms with Gasteiger partial charge in [-0.2, -0.15) is 4.72 Å². The largest absolute Gasteiger partial charge is 0.368 e. The van der Waals surface area contributed by atoms with Gasteiger partial charge < -0.3 is 20.9 Å². The van der Waals surface area contributed by atoms with Crippen molar-refractivity contribution >= 4 is 39.3 Å². The van der Waals surface area contributed by atoms with Crippen LogP contribution in [0, 0.1) is 6.92 Å². The maximum absolute atomic E-state index is 13.0. The average Bonchev–Trinajstić information content (AvgIpc) is 3.11. The fraction of sp³-hybridized carbons (Fsp3) is 0.444. The van der Waals surface area contributed by atoms with Crippen LogP contribution in [0.1, 0.15) is 18.4 Å². The third-order valence-electron chi connectivity index (χ3n) is 5.06. The lowest BCUT2D eigenvalue weighted by Gasteiger charge is -2.29. The lowest BCUT2D eigenvalue weighted by molar-refractivity contribution is -0.142. The van der Waals surface area contributed by atoms with Crippen molar-refractivity contribution in [2.45, 2.75) is 30.7 Å². The monoisotopic (exact) mass is 437 g/mol. The van der Waals surface area contributed by atoms with Crippen LogP contribution in [-0.2, 0) is 29.2 Å². The first-order chi connectivity index (χ1) is 14.1. The number of carbonyl (C=O) groups excluding carboxylic acids is 4. The van der Waals surface area contributed by atoms with Crippen LogP contribution in [0.15, 0.2) is 23.1 Å². The van der Waals surface area contributed by atoms with Crippen LogP contribution in [-0.4, -0.2) is 69.2 Å². The van der Waals surface area contributed by atoms with Crippen LogP contribution in [0.3, 0.4) is 0 Å². The molecule has 162 valence electrons. The minimum Gasteiger partial charge on any atom is -0.368 e. The molecular weight excluding hydrogens is 414 g/mol. The van der Waals surface area contributed by atoms with Gasteiger partial charge in [-0.15, -0.1) is 0 Å². The van der Waals surface area contributed by atoms with E-state index in [0.717, 1.165) is 4.90 Å². The van der Waals surface area contributed by atoms with E-state index in [2.05, 4.69) is 10.0 Å². The molecule has 0 radical (unpaired) electrons. The van der Waals surface area contributed by atoms with Crippen molar-refractivity contribution in [1.82, 2.24) is 14.9 Å². The van der Waals surface area contributed by atoms with Crippen LogP contribution in [0.4, 0.5) is 5.69 Å². The van der Waals surface area contributed by atoms with E-state index in [-0.39, 0.29) is 30.4 Å². The zero-order valence-electron chi connectivity index (χ0n) is 16.4. The van der Waals surface area contributed by atoms with E-state index in [1.807, 2.05) is 0 Å². The summed E-state index contributed by atoms with van der Waals surface area (Å²) in [6.45, 7) is 2.05. The van der Waals surface area contributed by atoms with Crippen molar-refractivity contribution in [1.29, 1.82) is 0 Å². The number of nitrogens with one attached hydrogen (secondary N) is 2. The quantitative estimate of drug-likeness (QED) is 0.446. The smallest absolute Gasteiger partial charge is 0.250 e. The van der Waals surface area contributed by atoms with Gasteiger partial charge in [0.25, 0.3) is 5.91 Å². The summed E-state index contributed by atoms with van der Waals surface area (Å²) in [5.74, 6) is -2.60. The topological polar surface area (TPSA) is 159 Å². The molecule has 1 aromatic rings. The highest BCUT2D eigenvalue weighted by Gasteiger charge is 2.36. The molecule has 12 heteroatoms. The van der Waals surface area contributed by atoms with Gasteiger partial charge in [0.1, 0.15) is 0 Å². The third-order valence-corrected chi connectivity index (χ3v) is 6.63. The molecule has 4 amide bonds. The van der Waals surface area contributed by atoms with E-state index in [4.69, 9.17) is 5.73 Å². The molecule has 1 aromatic carbocycles. The summed E-state index contributed by atoms with van der Waals surface area (Å²) < 4.78 is 28.1. The van der Waals surface area contributed by atoms with E-state index >= 15 is 0 Å². The Balaban J connectivity index is 1.88. The number of nitrogens with zero attached hydrogens (tertiary/aromatic N) is 2. The number of anilines is 1. The van der Waals surface area contributed by atoms with Crippen LogP contribution in [0.25, 0.3) is 0 Å². The molecule has 0 saturated carbocycles. The Bertz CT molecular complexity index is 1010. The minimum absolute atomic E-state index is 0.103. The maximum Gasteiger partial charge on any atom is 0.250 e. The summed E-state index contributed by atoms with van der Waals surface area (Å²) in [6.07, 6.45) is 1.06. The molecule has 30 heavy (non-hydrogen) atoms. The Morgan fingerprint density at radius 3 is 2.57 bits per heavy atom. The standard InChI is InChI=1S/C18H23N5O6S/c1-11-12(23-8-3-6-15(23)25)4-2-5-13(11)30(28,29)21-16(17(19)26)18(27)22-9-7-20-14(24)10-22/h2,4-5,16,21H,3,6-10H2,1H3,(H2,19,26)(H,20,24)/t16-/m0/s1. The molecule has 0 spiro atoms. The molecule has 2 heterocycles. The number of rotatable bonds is 6. The lowest BCUT2D eigenvalue weighted by Crippen LogP contribution is -2.59. The first-order valence-electron chi connectivity index (χ1n) is 9.39. The number of nitrogens with two attached hydrogens (primary N) is 1. The summed E-state index contributed by atoms with van der Waals surface area (Å²) >= 11 is 0. The van der Waals surface area contributed by atoms with Crippen LogP contribution in [0.2, 0.25) is 0 Å². The molecule has 3 rings (SSSR count). The van der Waals surface area contributed by atoms with Crippen LogP contribution >= 0.6 is 0 Å². The Morgan fingerprint density at radius 1 is 1.23 bits per heavy atom. The third kappa shape index (κ3) is 4.28. The molecule has 2 aliphatic heterocycles. The Hall–Kier alpha value is -2.99. The first-order valence-corrected chi connectivity index (χ1v) is 10.9. The molecule has 2 aliphatic rings. The molecule has 0 aromatic heterocycles. The normalized spacial score (nSPS) is 18.3. The molecule has 0 bridgehead atoms. The highest BCUT2D eigenvalue weighted by molar-refractivity contribution is 7.89. The number of hydrogen-bond acceptors (Lipinski definition) is 6. The highest BCUT2D eigenvalue weighted by Crippen LogP contribution is 2.29. The van der Waals surface area contributed by atoms with Gasteiger partial charge in [0.05, 0.1) is 11.4 Å². The van der Waals surface area contributed by atoms with Gasteiger partial charge >= 0.3 is 0 Å². The second-order valence-corrected chi connectivity index (χ2v) is 8.80. The van der Waals surface area contributed by atoms with Crippen molar-refractivity contribution < 1.29 is 27.6 Å². The Morgan fingerprint density at radius 2 is 1.97 bits per heavy atom. The van der Waals surface area contributed by atoms with Gasteiger partial charge in [-0.3, -0.25) is 19.2 Å². The summed E-state index contributed by atoms with van der Waals surface area (Å²) in [6, 6.07) is 2.58. The molecular formula is C18H23N5O6S. The van der Waals surface area contributed by atoms with E-state index in [9.17, 15) is 27.6 Å². The summed E-state index contributed by atoms with van der Waals surface area (Å²) in [5, 5.41) is 2.53. The van der Waals surface area contributed by atoms with Gasteiger partial charge in [0, 0.05) is 31.7 Å². The Labute approximate surface area is 173 Å². The summed E-state index contributed by atoms with van der Waals surface area (Å²) in [4.78, 5) is 50.5. The van der Waals surface area contributed by atoms with Crippen molar-refractivity contribution in [2.75, 3.05) is 31.1 Å². The zero-order chi connectivity index (χ0) is 22.1. The number of primary amides is 1. The predicted octanol–water partition coefficient (Wildman–Crippen LogP) is -1.79. The fourth-order valence-electron chi connectivity index (χ4n) is 3.55. The number of benzene rings is 1. The highest BCUT2D eigenvalue weighted by atomic mass is 32.2. The van der Waals surface area contributed by atoms with E-state index < -0.39 is 33.8 Å². The van der Waals surface area contributed by atoms with Gasteiger partial charge in [-0.1, -0.05) is 6.07 Å². The molecule has 2 saturated heterocycles. The van der Waals surface area contributed by atoms with Gasteiger partial charge in [0.15, 0.2) is 6.04 Å². The second kappa shape index (κ2) is 8.40. The van der Waals surface area contributed by atoms with Crippen molar-refractivity contribution in [3.05, 3.63) is 23.8 Å². The number of amides is 4. The molecule has 0 unspecified atom stereocenters. The SMILES string of the molecule is Cc1c(N2CCCC2=O)cccc1S(=O)(=O)N[C@@H](C(N)=O)C(=O)N1CCNC(=O)C1. The van der Waals surface area contributed by atoms with E-state index in [0.29, 0.717) is 30.6 Å². The number of sulfonamides is 1. The van der Waals surface area contributed by atoms with Gasteiger partial charge in [-0.25, -0.2) is 8.42 Å². The fourth-order valence-corrected chi connectivity index (χ4v) is 4.97. The second-order valence-electron chi connectivity index (χ2n) is 7.12. The predicted molar refractivity (Wildman–Crippen MR) is 106 cm³/mol. The van der Waals surface area contributed by atoms with Crippen LogP contribution < -0.4 is 20.7 Å². The van der Waals surface area contributed by atoms with Gasteiger partial charge in [0.2, 0.25) is 27.7 Å². The van der Waals surface area contributed by atoms with Crippen molar-refractivity contribution in [3.8, 4) is 0 Å². The number of hydrogen-bond donors (Lipinski definition) is 3. The maximum atomic E-state index is 13.0. The van der Waals surface area contributed by atoms with Crippen molar-refractivity contribution in [3.63, 3.8) is 0 Å². The van der Waals surface area contributed by atoms with E-state index in [1.165, 1.54) is 17.0 Å². The summed E-state index contributed by atoms with van der Waals surface area (Å²) in [5.41, 5.74) is 6.05. The molecule has 4 N–H and O–H groups in total. The average molecular weight is 437 g/mol. The number of carbonyl (C=O) groups is 4. The molecule has 1 atom stereocenters. The van der Waals surface area contributed by atoms with Crippen molar-refractivity contribution in [2.24, 2.45) is 5.73 Å². The van der Waals surface area contributed by atoms with E-state index in [1.54, 1.807) is 13.0 Å². The minimum atomic E-state index is -4.34. The Kier molecular flexibility index (Phi) is 6.08. The van der Waals surface area contributed by atoms with Gasteiger partial charge in [-0.05, 0) is 31.0 Å². The lowest BCUT2D eigenvalue weighted by atomic mass is 10.2. The van der Waals surface area contributed by atoms with Crippen LogP contribution in [0.5, 0.6) is 0 Å². The molecule has 11 nitrogen and oxygen atoms in total.